The van der Waals surface area contributed by atoms with Gasteiger partial charge in [0.25, 0.3) is 5.91 Å². The highest BCUT2D eigenvalue weighted by Gasteiger charge is 2.27. The third-order valence-electron chi connectivity index (χ3n) is 4.66. The van der Waals surface area contributed by atoms with Crippen molar-refractivity contribution in [3.63, 3.8) is 0 Å². The molecule has 9 heteroatoms. The van der Waals surface area contributed by atoms with E-state index in [4.69, 9.17) is 5.73 Å². The summed E-state index contributed by atoms with van der Waals surface area (Å²) in [7, 11) is 0. The van der Waals surface area contributed by atoms with E-state index < -0.39 is 0 Å². The maximum Gasteiger partial charge on any atom is 0.291 e. The number of piperazine rings is 1. The Morgan fingerprint density at radius 1 is 1.12 bits per heavy atom. The number of fused-ring (bicyclic) bond motifs is 1. The van der Waals surface area contributed by atoms with Gasteiger partial charge in [-0.1, -0.05) is 0 Å². The average molecular weight is 328 g/mol. The second-order valence-corrected chi connectivity index (χ2v) is 6.15. The summed E-state index contributed by atoms with van der Waals surface area (Å²) >= 11 is 0. The number of amides is 1. The Kier molecular flexibility index (Phi) is 3.75. The first kappa shape index (κ1) is 14.9. The molecule has 0 spiro atoms. The largest absolute Gasteiger partial charge is 0.368 e. The molecular weight excluding hydrogens is 308 g/mol. The minimum absolute atomic E-state index is 0.114. The summed E-state index contributed by atoms with van der Waals surface area (Å²) in [6.45, 7) is 2.70. The second-order valence-electron chi connectivity index (χ2n) is 6.15. The molecule has 126 valence electrons. The molecule has 24 heavy (non-hydrogen) atoms. The van der Waals surface area contributed by atoms with Crippen molar-refractivity contribution in [2.75, 3.05) is 36.8 Å². The van der Waals surface area contributed by atoms with Crippen molar-refractivity contribution < 1.29 is 4.79 Å². The number of nitrogens with one attached hydrogen (secondary N) is 1. The van der Waals surface area contributed by atoms with Crippen LogP contribution >= 0.6 is 0 Å². The van der Waals surface area contributed by atoms with E-state index in [0.29, 0.717) is 19.0 Å². The number of nitrogens with two attached hydrogens (primary N) is 1. The first-order valence-electron chi connectivity index (χ1n) is 8.27. The molecule has 9 nitrogen and oxygen atoms in total. The fourth-order valence-corrected chi connectivity index (χ4v) is 3.43. The minimum Gasteiger partial charge on any atom is -0.368 e. The molecule has 4 rings (SSSR count). The number of carbonyl (C=O) groups excluding carboxylic acids is 1. The molecule has 1 amide bonds. The molecule has 3 N–H and O–H groups in total. The van der Waals surface area contributed by atoms with E-state index in [0.717, 1.165) is 50.3 Å². The number of carbonyl (C=O) groups is 1. The number of aromatic nitrogens is 5. The van der Waals surface area contributed by atoms with Crippen LogP contribution in [0.3, 0.4) is 0 Å². The van der Waals surface area contributed by atoms with Gasteiger partial charge in [0.2, 0.25) is 11.8 Å². The number of hydrogen-bond donors (Lipinski definition) is 2. The molecule has 0 aromatic carbocycles. The number of nitrogen functional groups attached to an aromatic ring is 1. The number of aryl methyl sites for hydroxylation is 1. The topological polar surface area (TPSA) is 117 Å². The van der Waals surface area contributed by atoms with E-state index >= 15 is 0 Å². The molecule has 1 fully saturated rings. The van der Waals surface area contributed by atoms with E-state index in [-0.39, 0.29) is 11.7 Å². The van der Waals surface area contributed by atoms with Gasteiger partial charge in [-0.05, 0) is 25.7 Å². The van der Waals surface area contributed by atoms with Crippen LogP contribution in [-0.2, 0) is 12.8 Å². The standard InChI is InChI=1S/C15H20N8O/c16-15-19-11-4-2-1-3-10(11)13(20-15)22-5-7-23(8-6-22)14(24)12-17-9-18-21-12/h9H,1-8H2,(H2,16,19,20)(H,17,18,21). The van der Waals surface area contributed by atoms with Gasteiger partial charge in [0.15, 0.2) is 0 Å². The van der Waals surface area contributed by atoms with Gasteiger partial charge in [-0.2, -0.15) is 10.1 Å². The van der Waals surface area contributed by atoms with Gasteiger partial charge in [-0.15, -0.1) is 0 Å². The second kappa shape index (κ2) is 6.06. The Morgan fingerprint density at radius 3 is 2.67 bits per heavy atom. The number of hydrogen-bond acceptors (Lipinski definition) is 7. The van der Waals surface area contributed by atoms with Crippen LogP contribution in [0.5, 0.6) is 0 Å². The van der Waals surface area contributed by atoms with Gasteiger partial charge in [0.1, 0.15) is 12.1 Å². The van der Waals surface area contributed by atoms with Crippen molar-refractivity contribution >= 4 is 17.7 Å². The molecule has 0 atom stereocenters. The number of H-pyrrole nitrogens is 1. The van der Waals surface area contributed by atoms with Crippen molar-refractivity contribution in [2.24, 2.45) is 0 Å². The molecule has 1 aliphatic heterocycles. The van der Waals surface area contributed by atoms with E-state index in [1.54, 1.807) is 4.90 Å². The lowest BCUT2D eigenvalue weighted by Gasteiger charge is -2.36. The number of aromatic amines is 1. The van der Waals surface area contributed by atoms with Gasteiger partial charge < -0.3 is 15.5 Å². The van der Waals surface area contributed by atoms with Crippen LogP contribution in [0.15, 0.2) is 6.33 Å². The van der Waals surface area contributed by atoms with Crippen LogP contribution in [0.4, 0.5) is 11.8 Å². The van der Waals surface area contributed by atoms with Gasteiger partial charge in [-0.25, -0.2) is 9.97 Å². The van der Waals surface area contributed by atoms with E-state index in [1.807, 2.05) is 0 Å². The lowest BCUT2D eigenvalue weighted by atomic mass is 9.96. The summed E-state index contributed by atoms with van der Waals surface area (Å²) in [5.41, 5.74) is 8.21. The van der Waals surface area contributed by atoms with Crippen LogP contribution < -0.4 is 10.6 Å². The molecule has 1 saturated heterocycles. The highest BCUT2D eigenvalue weighted by molar-refractivity contribution is 5.90. The van der Waals surface area contributed by atoms with Crippen molar-refractivity contribution in [3.8, 4) is 0 Å². The maximum absolute atomic E-state index is 12.3. The Bertz CT molecular complexity index is 736. The fraction of sp³-hybridized carbons (Fsp3) is 0.533. The summed E-state index contributed by atoms with van der Waals surface area (Å²) < 4.78 is 0. The Labute approximate surface area is 139 Å². The lowest BCUT2D eigenvalue weighted by Crippen LogP contribution is -2.49. The number of anilines is 2. The minimum atomic E-state index is -0.114. The zero-order valence-corrected chi connectivity index (χ0v) is 13.4. The summed E-state index contributed by atoms with van der Waals surface area (Å²) in [6, 6.07) is 0. The van der Waals surface area contributed by atoms with Crippen molar-refractivity contribution in [3.05, 3.63) is 23.4 Å². The van der Waals surface area contributed by atoms with Crippen LogP contribution in [0, 0.1) is 0 Å². The first-order valence-corrected chi connectivity index (χ1v) is 8.27. The molecule has 3 heterocycles. The maximum atomic E-state index is 12.3. The monoisotopic (exact) mass is 328 g/mol. The zero-order valence-electron chi connectivity index (χ0n) is 13.4. The van der Waals surface area contributed by atoms with E-state index in [9.17, 15) is 4.79 Å². The summed E-state index contributed by atoms with van der Waals surface area (Å²) in [5.74, 6) is 1.46. The summed E-state index contributed by atoms with van der Waals surface area (Å²) in [5, 5.41) is 6.36. The molecule has 0 radical (unpaired) electrons. The molecule has 2 aromatic rings. The normalized spacial score (nSPS) is 17.7. The third-order valence-corrected chi connectivity index (χ3v) is 4.66. The van der Waals surface area contributed by atoms with Gasteiger partial charge in [0.05, 0.1) is 5.69 Å². The first-order chi connectivity index (χ1) is 11.7. The molecule has 0 unspecified atom stereocenters. The highest BCUT2D eigenvalue weighted by atomic mass is 16.2. The fourth-order valence-electron chi connectivity index (χ4n) is 3.43. The summed E-state index contributed by atoms with van der Waals surface area (Å²) in [6.07, 6.45) is 5.64. The van der Waals surface area contributed by atoms with Crippen LogP contribution in [0.25, 0.3) is 0 Å². The predicted octanol–water partition coefficient (Wildman–Crippen LogP) is 0.0181. The van der Waals surface area contributed by atoms with Gasteiger partial charge in [-0.3, -0.25) is 9.89 Å². The number of rotatable bonds is 2. The van der Waals surface area contributed by atoms with Crippen LogP contribution in [-0.4, -0.2) is 62.1 Å². The van der Waals surface area contributed by atoms with Crippen molar-refractivity contribution in [1.82, 2.24) is 30.0 Å². The van der Waals surface area contributed by atoms with E-state index in [1.165, 1.54) is 11.9 Å². The number of nitrogens with zero attached hydrogens (tertiary/aromatic N) is 6. The average Bonchev–Trinajstić information content (AvgIpc) is 3.15. The van der Waals surface area contributed by atoms with Crippen molar-refractivity contribution in [2.45, 2.75) is 25.7 Å². The molecule has 0 bridgehead atoms. The molecule has 2 aliphatic rings. The Balaban J connectivity index is 1.50. The van der Waals surface area contributed by atoms with E-state index in [2.05, 4.69) is 30.0 Å². The zero-order chi connectivity index (χ0) is 16.5. The van der Waals surface area contributed by atoms with Crippen LogP contribution in [0.1, 0.15) is 34.7 Å². The van der Waals surface area contributed by atoms with Gasteiger partial charge >= 0.3 is 0 Å². The molecule has 0 saturated carbocycles. The highest BCUT2D eigenvalue weighted by Crippen LogP contribution is 2.29. The van der Waals surface area contributed by atoms with Crippen molar-refractivity contribution in [1.29, 1.82) is 0 Å². The Morgan fingerprint density at radius 2 is 1.92 bits per heavy atom. The predicted molar refractivity (Wildman–Crippen MR) is 87.6 cm³/mol. The molecule has 2 aromatic heterocycles. The van der Waals surface area contributed by atoms with Crippen LogP contribution in [0.2, 0.25) is 0 Å². The molecule has 1 aliphatic carbocycles. The third kappa shape index (κ3) is 2.66. The summed E-state index contributed by atoms with van der Waals surface area (Å²) in [4.78, 5) is 29.1. The SMILES string of the molecule is Nc1nc2c(c(N3CCN(C(=O)c4ncn[nH]4)CC3)n1)CCCC2. The Hall–Kier alpha value is -2.71. The lowest BCUT2D eigenvalue weighted by molar-refractivity contribution is 0.0734. The quantitative estimate of drug-likeness (QED) is 0.798. The molecular formula is C15H20N8O. The van der Waals surface area contributed by atoms with Gasteiger partial charge in [0, 0.05) is 31.7 Å². The smallest absolute Gasteiger partial charge is 0.291 e.